The number of anilines is 1. The first-order valence-electron chi connectivity index (χ1n) is 9.34. The van der Waals surface area contributed by atoms with Gasteiger partial charge in [0.1, 0.15) is 10.9 Å². The summed E-state index contributed by atoms with van der Waals surface area (Å²) in [5.41, 5.74) is 6.34. The minimum absolute atomic E-state index is 0.0313. The Morgan fingerprint density at radius 1 is 0.871 bits per heavy atom. The molecule has 1 aliphatic rings. The first kappa shape index (κ1) is 20.4. The smallest absolute Gasteiger partial charge is 0.295 e. The van der Waals surface area contributed by atoms with Crippen LogP contribution in [0, 0.1) is 0 Å². The Labute approximate surface area is 179 Å². The molecule has 0 saturated heterocycles. The maximum absolute atomic E-state index is 13.4. The number of aliphatic hydroxyl groups is 1. The minimum atomic E-state index is -4.19. The number of carbonyl (C=O) groups excluding carboxylic acids is 2. The van der Waals surface area contributed by atoms with E-state index in [-0.39, 0.29) is 10.5 Å². The molecule has 1 aliphatic heterocycles. The van der Waals surface area contributed by atoms with Crippen LogP contribution in [-0.4, -0.2) is 25.3 Å². The van der Waals surface area contributed by atoms with Crippen molar-refractivity contribution < 1.29 is 23.1 Å². The third kappa shape index (κ3) is 3.47. The van der Waals surface area contributed by atoms with E-state index in [1.807, 2.05) is 0 Å². The second-order valence-corrected chi connectivity index (χ2v) is 8.85. The standard InChI is InChI=1S/C23H18N2O5S/c24-22(27)16-11-13-17(14-12-16)25-19(15-7-3-1-4-8-15)21(20(26)23(25)28)31(29,30)18-9-5-2-6-10-18/h1-14,19,26H,(H2,24,27)/t19-/m0/s1. The molecule has 3 aromatic rings. The van der Waals surface area contributed by atoms with Crippen molar-refractivity contribution in [3.63, 3.8) is 0 Å². The van der Waals surface area contributed by atoms with Crippen LogP contribution in [0.3, 0.4) is 0 Å². The summed E-state index contributed by atoms with van der Waals surface area (Å²) < 4.78 is 26.9. The van der Waals surface area contributed by atoms with E-state index in [9.17, 15) is 23.1 Å². The van der Waals surface area contributed by atoms with Gasteiger partial charge in [0.25, 0.3) is 5.91 Å². The van der Waals surface area contributed by atoms with Crippen molar-refractivity contribution in [2.24, 2.45) is 5.73 Å². The molecule has 0 radical (unpaired) electrons. The van der Waals surface area contributed by atoms with Gasteiger partial charge in [-0.05, 0) is 42.0 Å². The quantitative estimate of drug-likeness (QED) is 0.640. The molecule has 0 bridgehead atoms. The predicted molar refractivity (Wildman–Crippen MR) is 115 cm³/mol. The normalized spacial score (nSPS) is 16.6. The fraction of sp³-hybridized carbons (Fsp3) is 0.0435. The molecule has 1 atom stereocenters. The van der Waals surface area contributed by atoms with E-state index in [0.29, 0.717) is 11.3 Å². The van der Waals surface area contributed by atoms with Gasteiger partial charge in [0.05, 0.1) is 4.90 Å². The lowest BCUT2D eigenvalue weighted by Gasteiger charge is -2.27. The second-order valence-electron chi connectivity index (χ2n) is 6.93. The molecular formula is C23H18N2O5S. The van der Waals surface area contributed by atoms with E-state index in [1.165, 1.54) is 41.3 Å². The highest BCUT2D eigenvalue weighted by molar-refractivity contribution is 7.95. The molecule has 0 saturated carbocycles. The molecule has 0 spiro atoms. The number of nitrogens with zero attached hydrogens (tertiary/aromatic N) is 1. The summed E-state index contributed by atoms with van der Waals surface area (Å²) in [7, 11) is -4.19. The Balaban J connectivity index is 1.90. The zero-order valence-corrected chi connectivity index (χ0v) is 17.0. The van der Waals surface area contributed by atoms with Crippen molar-refractivity contribution in [1.82, 2.24) is 0 Å². The zero-order valence-electron chi connectivity index (χ0n) is 16.2. The summed E-state index contributed by atoms with van der Waals surface area (Å²) in [6, 6.07) is 21.0. The third-order valence-electron chi connectivity index (χ3n) is 5.05. The van der Waals surface area contributed by atoms with Gasteiger partial charge in [-0.1, -0.05) is 48.5 Å². The highest BCUT2D eigenvalue weighted by Gasteiger charge is 2.47. The molecule has 3 N–H and O–H groups in total. The molecule has 2 amide bonds. The van der Waals surface area contributed by atoms with Crippen LogP contribution in [-0.2, 0) is 14.6 Å². The molecule has 7 nitrogen and oxygen atoms in total. The monoisotopic (exact) mass is 434 g/mol. The van der Waals surface area contributed by atoms with Gasteiger partial charge >= 0.3 is 0 Å². The van der Waals surface area contributed by atoms with E-state index >= 15 is 0 Å². The summed E-state index contributed by atoms with van der Waals surface area (Å²) in [6.45, 7) is 0. The van der Waals surface area contributed by atoms with Gasteiger partial charge in [0.15, 0.2) is 5.76 Å². The molecule has 8 heteroatoms. The molecule has 0 unspecified atom stereocenters. The third-order valence-corrected chi connectivity index (χ3v) is 6.94. The SMILES string of the molecule is NC(=O)c1ccc(N2C(=O)C(O)=C(S(=O)(=O)c3ccccc3)[C@@H]2c2ccccc2)cc1. The molecule has 0 fully saturated rings. The van der Waals surface area contributed by atoms with Gasteiger partial charge in [-0.2, -0.15) is 0 Å². The Hall–Kier alpha value is -3.91. The fourth-order valence-electron chi connectivity index (χ4n) is 3.57. The molecule has 3 aromatic carbocycles. The maximum Gasteiger partial charge on any atom is 0.295 e. The van der Waals surface area contributed by atoms with Gasteiger partial charge in [-0.15, -0.1) is 0 Å². The highest BCUT2D eigenvalue weighted by atomic mass is 32.2. The summed E-state index contributed by atoms with van der Waals surface area (Å²) in [5, 5.41) is 10.7. The van der Waals surface area contributed by atoms with Crippen LogP contribution >= 0.6 is 0 Å². The van der Waals surface area contributed by atoms with E-state index < -0.39 is 38.4 Å². The number of carbonyl (C=O) groups is 2. The van der Waals surface area contributed by atoms with Crippen LogP contribution in [0.2, 0.25) is 0 Å². The lowest BCUT2D eigenvalue weighted by Crippen LogP contribution is -2.31. The van der Waals surface area contributed by atoms with Crippen LogP contribution < -0.4 is 10.6 Å². The van der Waals surface area contributed by atoms with Crippen LogP contribution in [0.15, 0.2) is 100 Å². The van der Waals surface area contributed by atoms with Gasteiger partial charge in [0, 0.05) is 11.3 Å². The number of primary amides is 1. The van der Waals surface area contributed by atoms with Gasteiger partial charge in [-0.25, -0.2) is 8.42 Å². The van der Waals surface area contributed by atoms with Crippen molar-refractivity contribution in [2.45, 2.75) is 10.9 Å². The Morgan fingerprint density at radius 3 is 1.97 bits per heavy atom. The van der Waals surface area contributed by atoms with Crippen molar-refractivity contribution in [3.05, 3.63) is 107 Å². The molecule has 31 heavy (non-hydrogen) atoms. The number of sulfone groups is 1. The molecule has 0 aromatic heterocycles. The number of amides is 2. The minimum Gasteiger partial charge on any atom is -0.502 e. The van der Waals surface area contributed by atoms with Crippen molar-refractivity contribution in [1.29, 1.82) is 0 Å². The first-order valence-corrected chi connectivity index (χ1v) is 10.8. The fourth-order valence-corrected chi connectivity index (χ4v) is 5.22. The maximum atomic E-state index is 13.4. The summed E-state index contributed by atoms with van der Waals surface area (Å²) in [6.07, 6.45) is 0. The van der Waals surface area contributed by atoms with Crippen LogP contribution in [0.4, 0.5) is 5.69 Å². The molecule has 1 heterocycles. The topological polar surface area (TPSA) is 118 Å². The van der Waals surface area contributed by atoms with Gasteiger partial charge in [-0.3, -0.25) is 14.5 Å². The van der Waals surface area contributed by atoms with E-state index in [2.05, 4.69) is 0 Å². The predicted octanol–water partition coefficient (Wildman–Crippen LogP) is 3.12. The zero-order chi connectivity index (χ0) is 22.2. The average molecular weight is 434 g/mol. The average Bonchev–Trinajstić information content (AvgIpc) is 3.06. The first-order chi connectivity index (χ1) is 14.8. The van der Waals surface area contributed by atoms with Crippen molar-refractivity contribution in [3.8, 4) is 0 Å². The van der Waals surface area contributed by atoms with Crippen LogP contribution in [0.1, 0.15) is 22.0 Å². The van der Waals surface area contributed by atoms with Gasteiger partial charge in [0.2, 0.25) is 15.7 Å². The van der Waals surface area contributed by atoms with Crippen LogP contribution in [0.5, 0.6) is 0 Å². The number of benzene rings is 3. The summed E-state index contributed by atoms with van der Waals surface area (Å²) >= 11 is 0. The molecule has 4 rings (SSSR count). The van der Waals surface area contributed by atoms with E-state index in [0.717, 1.165) is 0 Å². The molecular weight excluding hydrogens is 416 g/mol. The summed E-state index contributed by atoms with van der Waals surface area (Å²) in [5.74, 6) is -2.32. The number of aliphatic hydroxyl groups excluding tert-OH is 1. The van der Waals surface area contributed by atoms with E-state index in [4.69, 9.17) is 5.73 Å². The Morgan fingerprint density at radius 2 is 1.42 bits per heavy atom. The lowest BCUT2D eigenvalue weighted by molar-refractivity contribution is -0.117. The second kappa shape index (κ2) is 7.73. The molecule has 0 aliphatic carbocycles. The van der Waals surface area contributed by atoms with E-state index in [1.54, 1.807) is 48.5 Å². The van der Waals surface area contributed by atoms with Crippen molar-refractivity contribution >= 4 is 27.3 Å². The Kier molecular flexibility index (Phi) is 5.08. The Bertz CT molecular complexity index is 1280. The number of hydrogen-bond acceptors (Lipinski definition) is 5. The van der Waals surface area contributed by atoms with Crippen LogP contribution in [0.25, 0.3) is 0 Å². The number of nitrogens with two attached hydrogens (primary N) is 1. The molecule has 156 valence electrons. The number of hydrogen-bond donors (Lipinski definition) is 2. The number of rotatable bonds is 5. The highest BCUT2D eigenvalue weighted by Crippen LogP contribution is 2.44. The van der Waals surface area contributed by atoms with Gasteiger partial charge < -0.3 is 10.8 Å². The lowest BCUT2D eigenvalue weighted by atomic mass is 10.1. The van der Waals surface area contributed by atoms with Crippen molar-refractivity contribution in [2.75, 3.05) is 4.90 Å². The summed E-state index contributed by atoms with van der Waals surface area (Å²) in [4.78, 5) is 25.2. The largest absolute Gasteiger partial charge is 0.502 e.